The fourth-order valence-electron chi connectivity index (χ4n) is 2.71. The van der Waals surface area contributed by atoms with Crippen LogP contribution in [0.4, 0.5) is 13.2 Å². The van der Waals surface area contributed by atoms with Crippen LogP contribution < -0.4 is 5.73 Å². The molecule has 0 aromatic heterocycles. The number of aliphatic hydroxyl groups excluding tert-OH is 1. The minimum atomic E-state index is -4.38. The van der Waals surface area contributed by atoms with Crippen molar-refractivity contribution in [3.05, 3.63) is 35.4 Å². The summed E-state index contributed by atoms with van der Waals surface area (Å²) in [6.45, 7) is 0. The Bertz CT molecular complexity index is 433. The van der Waals surface area contributed by atoms with Crippen LogP contribution in [0.2, 0.25) is 0 Å². The van der Waals surface area contributed by atoms with Crippen LogP contribution in [0.25, 0.3) is 0 Å². The van der Waals surface area contributed by atoms with Gasteiger partial charge in [-0.05, 0) is 36.5 Å². The van der Waals surface area contributed by atoms with E-state index in [0.29, 0.717) is 5.56 Å². The van der Waals surface area contributed by atoms with Gasteiger partial charge in [0, 0.05) is 0 Å². The summed E-state index contributed by atoms with van der Waals surface area (Å²) >= 11 is 0. The molecule has 1 fully saturated rings. The third-order valence-corrected chi connectivity index (χ3v) is 3.85. The summed E-state index contributed by atoms with van der Waals surface area (Å²) in [7, 11) is 0. The fourth-order valence-corrected chi connectivity index (χ4v) is 2.71. The highest BCUT2D eigenvalue weighted by Gasteiger charge is 2.33. The zero-order chi connectivity index (χ0) is 14.0. The van der Waals surface area contributed by atoms with Crippen molar-refractivity contribution in [2.75, 3.05) is 0 Å². The topological polar surface area (TPSA) is 46.2 Å². The Morgan fingerprint density at radius 1 is 1.20 bits per heavy atom. The number of aliphatic hydroxyl groups is 1. The molecule has 1 aromatic carbocycles. The Hall–Kier alpha value is -0.780. The van der Waals surface area contributed by atoms with E-state index in [-0.39, 0.29) is 18.3 Å². The summed E-state index contributed by atoms with van der Waals surface area (Å²) < 4.78 is 37.9. The minimum Gasteiger partial charge on any atom is -0.391 e. The average Bonchev–Trinajstić information content (AvgIpc) is 2.90. The van der Waals surface area contributed by atoms with Crippen LogP contribution in [0, 0.1) is 5.92 Å². The highest BCUT2D eigenvalue weighted by Crippen LogP contribution is 2.34. The molecule has 114 valence electrons. The van der Waals surface area contributed by atoms with E-state index in [9.17, 15) is 18.3 Å². The van der Waals surface area contributed by atoms with Crippen molar-refractivity contribution in [2.24, 2.45) is 11.7 Å². The van der Waals surface area contributed by atoms with E-state index in [2.05, 4.69) is 0 Å². The van der Waals surface area contributed by atoms with Gasteiger partial charge in [-0.1, -0.05) is 25.0 Å². The first-order valence-electron chi connectivity index (χ1n) is 6.50. The van der Waals surface area contributed by atoms with Gasteiger partial charge in [-0.3, -0.25) is 0 Å². The molecule has 20 heavy (non-hydrogen) atoms. The van der Waals surface area contributed by atoms with Crippen LogP contribution in [0.5, 0.6) is 0 Å². The van der Waals surface area contributed by atoms with Crippen molar-refractivity contribution < 1.29 is 18.3 Å². The zero-order valence-electron chi connectivity index (χ0n) is 10.9. The zero-order valence-corrected chi connectivity index (χ0v) is 11.8. The van der Waals surface area contributed by atoms with Crippen LogP contribution in [0.3, 0.4) is 0 Å². The fraction of sp³-hybridized carbons (Fsp3) is 0.571. The smallest absolute Gasteiger partial charge is 0.391 e. The molecule has 0 unspecified atom stereocenters. The van der Waals surface area contributed by atoms with Crippen molar-refractivity contribution in [3.8, 4) is 0 Å². The number of rotatable bonds is 3. The Morgan fingerprint density at radius 2 is 1.80 bits per heavy atom. The molecule has 1 saturated carbocycles. The maximum absolute atomic E-state index is 12.6. The lowest BCUT2D eigenvalue weighted by Gasteiger charge is -2.25. The van der Waals surface area contributed by atoms with E-state index >= 15 is 0 Å². The van der Waals surface area contributed by atoms with Gasteiger partial charge >= 0.3 is 6.18 Å². The Balaban J connectivity index is 0.00000200. The lowest BCUT2D eigenvalue weighted by molar-refractivity contribution is -0.137. The molecular weight excluding hydrogens is 291 g/mol. The SMILES string of the molecule is Cl.N[C@H](c1cccc(C(F)(F)F)c1)[C@@H](O)C1CCCC1. The molecule has 2 nitrogen and oxygen atoms in total. The average molecular weight is 310 g/mol. The number of hydrogen-bond acceptors (Lipinski definition) is 2. The second-order valence-corrected chi connectivity index (χ2v) is 5.18. The molecule has 0 bridgehead atoms. The predicted octanol–water partition coefficient (Wildman–Crippen LogP) is 3.68. The van der Waals surface area contributed by atoms with Crippen molar-refractivity contribution in [1.29, 1.82) is 0 Å². The van der Waals surface area contributed by atoms with Crippen LogP contribution in [0.1, 0.15) is 42.9 Å². The summed E-state index contributed by atoms with van der Waals surface area (Å²) in [6.07, 6.45) is -1.25. The third kappa shape index (κ3) is 3.87. The van der Waals surface area contributed by atoms with E-state index in [1.54, 1.807) is 0 Å². The highest BCUT2D eigenvalue weighted by atomic mass is 35.5. The van der Waals surface area contributed by atoms with E-state index in [0.717, 1.165) is 37.8 Å². The van der Waals surface area contributed by atoms with Gasteiger partial charge in [-0.2, -0.15) is 13.2 Å². The molecule has 0 saturated heterocycles. The first kappa shape index (κ1) is 17.3. The van der Waals surface area contributed by atoms with Gasteiger partial charge < -0.3 is 10.8 Å². The Kier molecular flexibility index (Phi) is 5.86. The maximum atomic E-state index is 12.6. The first-order chi connectivity index (χ1) is 8.89. The molecule has 1 aliphatic rings. The second-order valence-electron chi connectivity index (χ2n) is 5.18. The van der Waals surface area contributed by atoms with Crippen LogP contribution in [-0.4, -0.2) is 11.2 Å². The third-order valence-electron chi connectivity index (χ3n) is 3.85. The summed E-state index contributed by atoms with van der Waals surface area (Å²) in [5, 5.41) is 10.2. The number of hydrogen-bond donors (Lipinski definition) is 2. The van der Waals surface area contributed by atoms with E-state index in [1.807, 2.05) is 0 Å². The lowest BCUT2D eigenvalue weighted by atomic mass is 9.90. The molecule has 0 aliphatic heterocycles. The van der Waals surface area contributed by atoms with Crippen molar-refractivity contribution in [2.45, 2.75) is 44.0 Å². The normalized spacial score (nSPS) is 19.4. The van der Waals surface area contributed by atoms with Crippen molar-refractivity contribution >= 4 is 12.4 Å². The molecule has 1 aliphatic carbocycles. The van der Waals surface area contributed by atoms with Gasteiger partial charge in [0.1, 0.15) is 0 Å². The maximum Gasteiger partial charge on any atom is 0.416 e. The van der Waals surface area contributed by atoms with E-state index < -0.39 is 23.9 Å². The van der Waals surface area contributed by atoms with Gasteiger partial charge in [0.05, 0.1) is 17.7 Å². The Morgan fingerprint density at radius 3 is 2.35 bits per heavy atom. The van der Waals surface area contributed by atoms with E-state index in [1.165, 1.54) is 12.1 Å². The summed E-state index contributed by atoms with van der Waals surface area (Å²) in [5.74, 6) is 0.101. The monoisotopic (exact) mass is 309 g/mol. The Labute approximate surface area is 122 Å². The second kappa shape index (κ2) is 6.78. The molecule has 2 rings (SSSR count). The molecule has 0 spiro atoms. The van der Waals surface area contributed by atoms with Crippen LogP contribution >= 0.6 is 12.4 Å². The van der Waals surface area contributed by atoms with Crippen molar-refractivity contribution in [3.63, 3.8) is 0 Å². The van der Waals surface area contributed by atoms with Gasteiger partial charge in [0.15, 0.2) is 0 Å². The summed E-state index contributed by atoms with van der Waals surface area (Å²) in [6, 6.07) is 4.16. The molecule has 1 aromatic rings. The molecule has 0 radical (unpaired) electrons. The van der Waals surface area contributed by atoms with E-state index in [4.69, 9.17) is 5.73 Å². The minimum absolute atomic E-state index is 0. The number of alkyl halides is 3. The number of halogens is 4. The summed E-state index contributed by atoms with van der Waals surface area (Å²) in [5.41, 5.74) is 5.53. The van der Waals surface area contributed by atoms with Gasteiger partial charge in [0.25, 0.3) is 0 Å². The quantitative estimate of drug-likeness (QED) is 0.894. The molecule has 3 N–H and O–H groups in total. The van der Waals surface area contributed by atoms with Crippen LogP contribution in [0.15, 0.2) is 24.3 Å². The van der Waals surface area contributed by atoms with Gasteiger partial charge in [0.2, 0.25) is 0 Å². The summed E-state index contributed by atoms with van der Waals surface area (Å²) in [4.78, 5) is 0. The molecule has 2 atom stereocenters. The highest BCUT2D eigenvalue weighted by molar-refractivity contribution is 5.85. The molecule has 0 heterocycles. The van der Waals surface area contributed by atoms with Gasteiger partial charge in [-0.15, -0.1) is 12.4 Å². The molecule has 6 heteroatoms. The molecular formula is C14H19ClF3NO. The van der Waals surface area contributed by atoms with Crippen molar-refractivity contribution in [1.82, 2.24) is 0 Å². The predicted molar refractivity (Wildman–Crippen MR) is 73.6 cm³/mol. The molecule has 0 amide bonds. The standard InChI is InChI=1S/C14H18F3NO.ClH/c15-14(16,17)11-7-3-6-10(8-11)12(18)13(19)9-4-1-2-5-9;/h3,6-9,12-13,19H,1-2,4-5,18H2;1H/t12-,13+;/m1./s1. The first-order valence-corrected chi connectivity index (χ1v) is 6.50. The number of benzene rings is 1. The lowest BCUT2D eigenvalue weighted by Crippen LogP contribution is -2.32. The number of nitrogens with two attached hydrogens (primary N) is 1. The van der Waals surface area contributed by atoms with Gasteiger partial charge in [-0.25, -0.2) is 0 Å². The largest absolute Gasteiger partial charge is 0.416 e. The van der Waals surface area contributed by atoms with Crippen LogP contribution in [-0.2, 0) is 6.18 Å².